The Morgan fingerprint density at radius 1 is 1.08 bits per heavy atom. The summed E-state index contributed by atoms with van der Waals surface area (Å²) < 4.78 is 1.80. The second kappa shape index (κ2) is 11.4. The molecule has 1 saturated heterocycles. The Hall–Kier alpha value is -4.05. The lowest BCUT2D eigenvalue weighted by molar-refractivity contribution is -0.384. The molecule has 1 amide bonds. The van der Waals surface area contributed by atoms with Gasteiger partial charge in [0.1, 0.15) is 11.6 Å². The van der Waals surface area contributed by atoms with Crippen LogP contribution in [0.25, 0.3) is 16.7 Å². The van der Waals surface area contributed by atoms with E-state index in [0.717, 1.165) is 54.2 Å². The summed E-state index contributed by atoms with van der Waals surface area (Å²) in [6.07, 6.45) is 4.27. The second-order valence-electron chi connectivity index (χ2n) is 10.1. The van der Waals surface area contributed by atoms with Crippen molar-refractivity contribution in [1.82, 2.24) is 24.6 Å². The summed E-state index contributed by atoms with van der Waals surface area (Å²) in [5.41, 5.74) is 1.96. The predicted octanol–water partition coefficient (Wildman–Crippen LogP) is 5.32. The maximum absolute atomic E-state index is 13.2. The summed E-state index contributed by atoms with van der Waals surface area (Å²) in [6, 6.07) is 13.3. The summed E-state index contributed by atoms with van der Waals surface area (Å²) in [4.78, 5) is 37.6. The fourth-order valence-electron chi connectivity index (χ4n) is 4.75. The minimum absolute atomic E-state index is 0.0343. The van der Waals surface area contributed by atoms with E-state index in [0.29, 0.717) is 36.1 Å². The van der Waals surface area contributed by atoms with Crippen molar-refractivity contribution in [1.29, 1.82) is 0 Å². The van der Waals surface area contributed by atoms with Gasteiger partial charge in [0.25, 0.3) is 11.6 Å². The molecule has 10 nitrogen and oxygen atoms in total. The van der Waals surface area contributed by atoms with Crippen LogP contribution in [0.4, 0.5) is 11.5 Å². The number of halogens is 1. The van der Waals surface area contributed by atoms with Gasteiger partial charge in [-0.2, -0.15) is 5.10 Å². The molecule has 1 aliphatic heterocycles. The molecule has 1 fully saturated rings. The number of nitro benzene ring substituents is 1. The van der Waals surface area contributed by atoms with Crippen LogP contribution < -0.4 is 4.90 Å². The van der Waals surface area contributed by atoms with Crippen molar-refractivity contribution < 1.29 is 9.72 Å². The molecule has 0 N–H and O–H groups in total. The first-order chi connectivity index (χ1) is 18.8. The first kappa shape index (κ1) is 26.6. The molecule has 2 aromatic carbocycles. The summed E-state index contributed by atoms with van der Waals surface area (Å²) in [6.45, 7) is 6.77. The van der Waals surface area contributed by atoms with E-state index in [1.54, 1.807) is 15.8 Å². The van der Waals surface area contributed by atoms with Gasteiger partial charge >= 0.3 is 0 Å². The minimum Gasteiger partial charge on any atom is -0.354 e. The Labute approximate surface area is 231 Å². The molecule has 4 aromatic rings. The van der Waals surface area contributed by atoms with Gasteiger partial charge < -0.3 is 9.80 Å². The lowest BCUT2D eigenvalue weighted by Gasteiger charge is -2.24. The first-order valence-corrected chi connectivity index (χ1v) is 13.5. The van der Waals surface area contributed by atoms with Gasteiger partial charge in [-0.25, -0.2) is 14.6 Å². The quantitative estimate of drug-likeness (QED) is 0.227. The number of hydrogen-bond acceptors (Lipinski definition) is 7. The Kier molecular flexibility index (Phi) is 7.74. The van der Waals surface area contributed by atoms with Crippen molar-refractivity contribution in [3.05, 3.63) is 81.3 Å². The van der Waals surface area contributed by atoms with E-state index in [9.17, 15) is 14.9 Å². The standard InChI is InChI=1S/C28H30ClN7O3/c1-19(2)7-12-25-31-26(24-18-30-35(27(24)32-25)23-6-3-5-21(29)17-23)33-13-4-14-34(16-15-33)28(37)20-8-10-22(11-9-20)36(38)39/h3,5-6,8-11,17-19H,4,7,12-16H2,1-2H3. The van der Waals surface area contributed by atoms with Crippen LogP contribution in [0.5, 0.6) is 0 Å². The molecule has 1 aliphatic rings. The number of benzene rings is 2. The number of nitrogens with zero attached hydrogens (tertiary/aromatic N) is 7. The van der Waals surface area contributed by atoms with Crippen LogP contribution in [-0.4, -0.2) is 61.7 Å². The van der Waals surface area contributed by atoms with E-state index in [2.05, 4.69) is 23.8 Å². The minimum atomic E-state index is -0.468. The average Bonchev–Trinajstić information content (AvgIpc) is 3.20. The number of amides is 1. The molecule has 202 valence electrons. The number of anilines is 1. The van der Waals surface area contributed by atoms with E-state index < -0.39 is 4.92 Å². The molecule has 2 aromatic heterocycles. The molecule has 5 rings (SSSR count). The molecule has 3 heterocycles. The smallest absolute Gasteiger partial charge is 0.269 e. The van der Waals surface area contributed by atoms with Gasteiger partial charge in [0.05, 0.1) is 22.2 Å². The fraction of sp³-hybridized carbons (Fsp3) is 0.357. The van der Waals surface area contributed by atoms with E-state index in [1.807, 2.05) is 24.3 Å². The number of rotatable bonds is 7. The third kappa shape index (κ3) is 5.85. The van der Waals surface area contributed by atoms with Crippen molar-refractivity contribution in [2.45, 2.75) is 33.1 Å². The van der Waals surface area contributed by atoms with Crippen molar-refractivity contribution in [3.8, 4) is 5.69 Å². The van der Waals surface area contributed by atoms with Crippen molar-refractivity contribution >= 4 is 40.0 Å². The number of aromatic nitrogens is 4. The van der Waals surface area contributed by atoms with Crippen LogP contribution in [0.1, 0.15) is 42.9 Å². The number of hydrogen-bond donors (Lipinski definition) is 0. The number of non-ortho nitro benzene ring substituents is 1. The maximum Gasteiger partial charge on any atom is 0.269 e. The molecule has 0 saturated carbocycles. The second-order valence-corrected chi connectivity index (χ2v) is 10.5. The summed E-state index contributed by atoms with van der Waals surface area (Å²) in [7, 11) is 0. The molecule has 0 radical (unpaired) electrons. The molecule has 0 atom stereocenters. The van der Waals surface area contributed by atoms with Gasteiger partial charge in [-0.3, -0.25) is 14.9 Å². The third-order valence-electron chi connectivity index (χ3n) is 6.86. The maximum atomic E-state index is 13.2. The van der Waals surface area contributed by atoms with Gasteiger partial charge in [0.2, 0.25) is 0 Å². The van der Waals surface area contributed by atoms with Crippen LogP contribution in [-0.2, 0) is 6.42 Å². The first-order valence-electron chi connectivity index (χ1n) is 13.1. The highest BCUT2D eigenvalue weighted by Crippen LogP contribution is 2.28. The number of nitro groups is 1. The Morgan fingerprint density at radius 2 is 1.87 bits per heavy atom. The monoisotopic (exact) mass is 547 g/mol. The van der Waals surface area contributed by atoms with Gasteiger partial charge in [-0.15, -0.1) is 0 Å². The van der Waals surface area contributed by atoms with E-state index >= 15 is 0 Å². The Bertz CT molecular complexity index is 1500. The average molecular weight is 548 g/mol. The molecular weight excluding hydrogens is 518 g/mol. The van der Waals surface area contributed by atoms with Gasteiger partial charge in [-0.05, 0) is 49.1 Å². The van der Waals surface area contributed by atoms with Crippen LogP contribution in [0.15, 0.2) is 54.7 Å². The lowest BCUT2D eigenvalue weighted by atomic mass is 10.1. The van der Waals surface area contributed by atoms with Crippen LogP contribution in [0.2, 0.25) is 5.02 Å². The zero-order chi connectivity index (χ0) is 27.5. The van der Waals surface area contributed by atoms with Crippen molar-refractivity contribution in [2.24, 2.45) is 5.92 Å². The summed E-state index contributed by atoms with van der Waals surface area (Å²) >= 11 is 6.26. The fourth-order valence-corrected chi connectivity index (χ4v) is 4.93. The third-order valence-corrected chi connectivity index (χ3v) is 7.10. The highest BCUT2D eigenvalue weighted by molar-refractivity contribution is 6.30. The lowest BCUT2D eigenvalue weighted by Crippen LogP contribution is -2.35. The Balaban J connectivity index is 1.43. The zero-order valence-electron chi connectivity index (χ0n) is 22.0. The van der Waals surface area contributed by atoms with Crippen molar-refractivity contribution in [2.75, 3.05) is 31.1 Å². The van der Waals surface area contributed by atoms with Gasteiger partial charge in [0, 0.05) is 55.3 Å². The molecule has 0 aliphatic carbocycles. The molecule has 0 unspecified atom stereocenters. The Morgan fingerprint density at radius 3 is 2.59 bits per heavy atom. The predicted molar refractivity (Wildman–Crippen MR) is 151 cm³/mol. The molecule has 39 heavy (non-hydrogen) atoms. The SMILES string of the molecule is CC(C)CCc1nc(N2CCCN(C(=O)c3ccc([N+](=O)[O-])cc3)CC2)c2cnn(-c3cccc(Cl)c3)c2n1. The largest absolute Gasteiger partial charge is 0.354 e. The van der Waals surface area contributed by atoms with E-state index in [1.165, 1.54) is 24.3 Å². The van der Waals surface area contributed by atoms with Crippen molar-refractivity contribution in [3.63, 3.8) is 0 Å². The summed E-state index contributed by atoms with van der Waals surface area (Å²) in [5.74, 6) is 1.96. The highest BCUT2D eigenvalue weighted by Gasteiger charge is 2.24. The number of fused-ring (bicyclic) bond motifs is 1. The number of carbonyl (C=O) groups is 1. The zero-order valence-corrected chi connectivity index (χ0v) is 22.7. The van der Waals surface area contributed by atoms with Crippen LogP contribution in [0.3, 0.4) is 0 Å². The number of aryl methyl sites for hydroxylation is 1. The molecular formula is C28H30ClN7O3. The normalized spacial score (nSPS) is 14.2. The van der Waals surface area contributed by atoms with Gasteiger partial charge in [0.15, 0.2) is 5.65 Å². The molecule has 11 heteroatoms. The highest BCUT2D eigenvalue weighted by atomic mass is 35.5. The van der Waals surface area contributed by atoms with E-state index in [4.69, 9.17) is 21.6 Å². The molecule has 0 spiro atoms. The van der Waals surface area contributed by atoms with Crippen LogP contribution in [0, 0.1) is 16.0 Å². The topological polar surface area (TPSA) is 110 Å². The van der Waals surface area contributed by atoms with Gasteiger partial charge in [-0.1, -0.05) is 31.5 Å². The van der Waals surface area contributed by atoms with E-state index in [-0.39, 0.29) is 11.6 Å². The van der Waals surface area contributed by atoms with Crippen LogP contribution >= 0.6 is 11.6 Å². The number of carbonyl (C=O) groups excluding carboxylic acids is 1. The molecule has 0 bridgehead atoms. The summed E-state index contributed by atoms with van der Waals surface area (Å²) in [5, 5.41) is 17.1.